The van der Waals surface area contributed by atoms with Crippen LogP contribution in [0.3, 0.4) is 0 Å². The molecule has 0 aliphatic heterocycles. The van der Waals surface area contributed by atoms with Gasteiger partial charge in [-0.3, -0.25) is 0 Å². The van der Waals surface area contributed by atoms with Gasteiger partial charge in [0.05, 0.1) is 19.4 Å². The quantitative estimate of drug-likeness (QED) is 0.852. The number of benzene rings is 2. The van der Waals surface area contributed by atoms with Crippen LogP contribution >= 0.6 is 0 Å². The molecule has 0 heterocycles. The summed E-state index contributed by atoms with van der Waals surface area (Å²) in [7, 11) is 3.20. The largest absolute Gasteiger partial charge is 0.495 e. The van der Waals surface area contributed by atoms with Crippen molar-refractivity contribution in [2.24, 2.45) is 0 Å². The van der Waals surface area contributed by atoms with E-state index >= 15 is 0 Å². The zero-order valence-corrected chi connectivity index (χ0v) is 13.5. The Morgan fingerprint density at radius 1 is 1.04 bits per heavy atom. The van der Waals surface area contributed by atoms with Crippen LogP contribution in [0.25, 0.3) is 0 Å². The smallest absolute Gasteiger partial charge is 0.322 e. The molecule has 2 aromatic rings. The predicted octanol–water partition coefficient (Wildman–Crippen LogP) is 3.38. The van der Waals surface area contributed by atoms with Crippen LogP contribution in [0, 0.1) is 0 Å². The van der Waals surface area contributed by atoms with E-state index in [1.165, 1.54) is 0 Å². The summed E-state index contributed by atoms with van der Waals surface area (Å²) in [5.41, 5.74) is 1.72. The second-order valence-electron chi connectivity index (χ2n) is 5.03. The first kappa shape index (κ1) is 16.8. The molecule has 0 saturated heterocycles. The van der Waals surface area contributed by atoms with Gasteiger partial charge >= 0.3 is 6.03 Å². The lowest BCUT2D eigenvalue weighted by atomic mass is 10.2. The second kappa shape index (κ2) is 8.80. The van der Waals surface area contributed by atoms with E-state index in [-0.39, 0.29) is 6.03 Å². The molecule has 0 atom stereocenters. The molecule has 0 spiro atoms. The molecule has 1 N–H and O–H groups in total. The number of carbonyl (C=O) groups is 1. The third kappa shape index (κ3) is 5.00. The first-order valence-corrected chi connectivity index (χ1v) is 7.46. The van der Waals surface area contributed by atoms with Crippen LogP contribution in [-0.4, -0.2) is 38.3 Å². The Bertz CT molecular complexity index is 617. The van der Waals surface area contributed by atoms with Crippen LogP contribution in [-0.2, 0) is 11.3 Å². The van der Waals surface area contributed by atoms with Gasteiger partial charge in [0.1, 0.15) is 5.75 Å². The van der Waals surface area contributed by atoms with Gasteiger partial charge in [-0.1, -0.05) is 42.5 Å². The summed E-state index contributed by atoms with van der Waals surface area (Å²) < 4.78 is 10.4. The van der Waals surface area contributed by atoms with Crippen LogP contribution in [0.2, 0.25) is 0 Å². The molecule has 2 amide bonds. The molecule has 122 valence electrons. The summed E-state index contributed by atoms with van der Waals surface area (Å²) >= 11 is 0. The number of amides is 2. The number of ether oxygens (including phenoxy) is 2. The summed E-state index contributed by atoms with van der Waals surface area (Å²) in [6.07, 6.45) is 0. The zero-order chi connectivity index (χ0) is 16.5. The van der Waals surface area contributed by atoms with Crippen LogP contribution < -0.4 is 10.1 Å². The highest BCUT2D eigenvalue weighted by molar-refractivity contribution is 5.91. The van der Waals surface area contributed by atoms with Gasteiger partial charge in [-0.25, -0.2) is 4.79 Å². The molecule has 2 rings (SSSR count). The maximum atomic E-state index is 12.6. The first-order valence-electron chi connectivity index (χ1n) is 7.46. The van der Waals surface area contributed by atoms with Crippen LogP contribution in [0.4, 0.5) is 10.5 Å². The molecular formula is C18H22N2O3. The summed E-state index contributed by atoms with van der Waals surface area (Å²) in [6, 6.07) is 17.0. The molecule has 0 radical (unpaired) electrons. The van der Waals surface area contributed by atoms with E-state index in [1.54, 1.807) is 19.1 Å². The Morgan fingerprint density at radius 3 is 2.43 bits per heavy atom. The molecule has 0 fully saturated rings. The maximum absolute atomic E-state index is 12.6. The van der Waals surface area contributed by atoms with Gasteiger partial charge in [-0.05, 0) is 17.7 Å². The molecule has 0 aromatic heterocycles. The number of hydrogen-bond acceptors (Lipinski definition) is 3. The van der Waals surface area contributed by atoms with Gasteiger partial charge in [0.25, 0.3) is 0 Å². The van der Waals surface area contributed by atoms with Crippen molar-refractivity contribution >= 4 is 11.7 Å². The fraction of sp³-hybridized carbons (Fsp3) is 0.278. The number of para-hydroxylation sites is 2. The van der Waals surface area contributed by atoms with E-state index in [9.17, 15) is 4.79 Å². The van der Waals surface area contributed by atoms with Crippen LogP contribution in [0.15, 0.2) is 54.6 Å². The highest BCUT2D eigenvalue weighted by Gasteiger charge is 2.15. The minimum absolute atomic E-state index is 0.185. The van der Waals surface area contributed by atoms with E-state index in [0.717, 1.165) is 5.56 Å². The number of anilines is 1. The maximum Gasteiger partial charge on any atom is 0.322 e. The zero-order valence-electron chi connectivity index (χ0n) is 13.5. The molecule has 23 heavy (non-hydrogen) atoms. The molecular weight excluding hydrogens is 292 g/mol. The Kier molecular flexibility index (Phi) is 6.44. The highest BCUT2D eigenvalue weighted by atomic mass is 16.5. The molecule has 5 nitrogen and oxygen atoms in total. The SMILES string of the molecule is COCCN(Cc1ccccc1)C(=O)Nc1ccccc1OC. The van der Waals surface area contributed by atoms with Crippen molar-refractivity contribution in [3.8, 4) is 5.75 Å². The summed E-state index contributed by atoms with van der Waals surface area (Å²) in [4.78, 5) is 14.3. The van der Waals surface area contributed by atoms with Crippen molar-refractivity contribution in [2.45, 2.75) is 6.54 Å². The molecule has 0 bridgehead atoms. The minimum atomic E-state index is -0.185. The molecule has 0 aliphatic rings. The van der Waals surface area contributed by atoms with Gasteiger partial charge in [0.15, 0.2) is 0 Å². The lowest BCUT2D eigenvalue weighted by Crippen LogP contribution is -2.36. The standard InChI is InChI=1S/C18H22N2O3/c1-22-13-12-20(14-15-8-4-3-5-9-15)18(21)19-16-10-6-7-11-17(16)23-2/h3-11H,12-14H2,1-2H3,(H,19,21). The topological polar surface area (TPSA) is 50.8 Å². The Balaban J connectivity index is 2.09. The predicted molar refractivity (Wildman–Crippen MR) is 90.7 cm³/mol. The van der Waals surface area contributed by atoms with Gasteiger partial charge < -0.3 is 19.7 Å². The van der Waals surface area contributed by atoms with Gasteiger partial charge in [-0.15, -0.1) is 0 Å². The van der Waals surface area contributed by atoms with Gasteiger partial charge in [-0.2, -0.15) is 0 Å². The van der Waals surface area contributed by atoms with Crippen LogP contribution in [0.1, 0.15) is 5.56 Å². The third-order valence-electron chi connectivity index (χ3n) is 3.42. The van der Waals surface area contributed by atoms with E-state index < -0.39 is 0 Å². The molecule has 2 aromatic carbocycles. The van der Waals surface area contributed by atoms with E-state index in [2.05, 4.69) is 5.32 Å². The van der Waals surface area contributed by atoms with Crippen LogP contribution in [0.5, 0.6) is 5.75 Å². The van der Waals surface area contributed by atoms with E-state index in [4.69, 9.17) is 9.47 Å². The highest BCUT2D eigenvalue weighted by Crippen LogP contribution is 2.23. The number of nitrogens with one attached hydrogen (secondary N) is 1. The number of carbonyl (C=O) groups excluding carboxylic acids is 1. The lowest BCUT2D eigenvalue weighted by Gasteiger charge is -2.23. The normalized spacial score (nSPS) is 10.2. The fourth-order valence-electron chi connectivity index (χ4n) is 2.20. The van der Waals surface area contributed by atoms with Crippen molar-refractivity contribution < 1.29 is 14.3 Å². The lowest BCUT2D eigenvalue weighted by molar-refractivity contribution is 0.153. The van der Waals surface area contributed by atoms with E-state index in [0.29, 0.717) is 31.1 Å². The Morgan fingerprint density at radius 2 is 1.74 bits per heavy atom. The first-order chi connectivity index (χ1) is 11.2. The van der Waals surface area contributed by atoms with Gasteiger partial charge in [0, 0.05) is 20.2 Å². The number of methoxy groups -OCH3 is 2. The van der Waals surface area contributed by atoms with Crippen molar-refractivity contribution in [1.29, 1.82) is 0 Å². The average Bonchev–Trinajstić information content (AvgIpc) is 2.60. The van der Waals surface area contributed by atoms with E-state index in [1.807, 2.05) is 54.6 Å². The fourth-order valence-corrected chi connectivity index (χ4v) is 2.20. The van der Waals surface area contributed by atoms with Crippen molar-refractivity contribution in [3.05, 3.63) is 60.2 Å². The number of hydrogen-bond donors (Lipinski definition) is 1. The molecule has 5 heteroatoms. The number of nitrogens with zero attached hydrogens (tertiary/aromatic N) is 1. The summed E-state index contributed by atoms with van der Waals surface area (Å²) in [5, 5.41) is 2.90. The number of rotatable bonds is 7. The Labute approximate surface area is 136 Å². The second-order valence-corrected chi connectivity index (χ2v) is 5.03. The summed E-state index contributed by atoms with van der Waals surface area (Å²) in [6.45, 7) is 1.50. The summed E-state index contributed by atoms with van der Waals surface area (Å²) in [5.74, 6) is 0.632. The number of urea groups is 1. The molecule has 0 saturated carbocycles. The average molecular weight is 314 g/mol. The monoisotopic (exact) mass is 314 g/mol. The molecule has 0 aliphatic carbocycles. The minimum Gasteiger partial charge on any atom is -0.495 e. The van der Waals surface area contributed by atoms with Gasteiger partial charge in [0.2, 0.25) is 0 Å². The van der Waals surface area contributed by atoms with Crippen molar-refractivity contribution in [1.82, 2.24) is 4.90 Å². The molecule has 0 unspecified atom stereocenters. The van der Waals surface area contributed by atoms with Crippen molar-refractivity contribution in [2.75, 3.05) is 32.7 Å². The third-order valence-corrected chi connectivity index (χ3v) is 3.42. The Hall–Kier alpha value is -2.53. The van der Waals surface area contributed by atoms with Crippen molar-refractivity contribution in [3.63, 3.8) is 0 Å².